The largest absolute Gasteiger partial charge is 0.467 e. The molecule has 0 unspecified atom stereocenters. The van der Waals surface area contributed by atoms with E-state index in [-0.39, 0.29) is 17.2 Å². The minimum absolute atomic E-state index is 0.0429. The molecule has 0 bridgehead atoms. The standard InChI is InChI=1S/C24H23N3O3S/c1-14-7-5-9-21(16(14)3)27-15(2)11-18(17(27)4)12-20-22(28)25-24(31)26(23(20)29)13-19-8-6-10-30-19/h5-12H,13H2,1-4H3,(H,25,28,31)/b20-12-. The van der Waals surface area contributed by atoms with Crippen LogP contribution in [0.15, 0.2) is 52.7 Å². The zero-order valence-corrected chi connectivity index (χ0v) is 18.7. The third-order valence-corrected chi connectivity index (χ3v) is 5.99. The van der Waals surface area contributed by atoms with Gasteiger partial charge in [-0.3, -0.25) is 19.8 Å². The Hall–Kier alpha value is -3.45. The van der Waals surface area contributed by atoms with Crippen molar-refractivity contribution < 1.29 is 14.0 Å². The van der Waals surface area contributed by atoms with Crippen molar-refractivity contribution in [1.82, 2.24) is 14.8 Å². The van der Waals surface area contributed by atoms with Crippen LogP contribution in [0.25, 0.3) is 11.8 Å². The number of aryl methyl sites for hydroxylation is 2. The lowest BCUT2D eigenvalue weighted by atomic mass is 10.1. The van der Waals surface area contributed by atoms with Gasteiger partial charge in [0.2, 0.25) is 0 Å². The summed E-state index contributed by atoms with van der Waals surface area (Å²) in [6.45, 7) is 8.32. The maximum Gasteiger partial charge on any atom is 0.266 e. The van der Waals surface area contributed by atoms with Crippen molar-refractivity contribution in [2.45, 2.75) is 34.2 Å². The second-order valence-electron chi connectivity index (χ2n) is 7.67. The van der Waals surface area contributed by atoms with Crippen LogP contribution >= 0.6 is 12.2 Å². The molecule has 31 heavy (non-hydrogen) atoms. The minimum Gasteiger partial charge on any atom is -0.467 e. The number of furan rings is 1. The highest BCUT2D eigenvalue weighted by atomic mass is 32.1. The van der Waals surface area contributed by atoms with Crippen molar-refractivity contribution in [3.05, 3.63) is 82.1 Å². The average Bonchev–Trinajstić information content (AvgIpc) is 3.33. The third-order valence-electron chi connectivity index (χ3n) is 5.67. The summed E-state index contributed by atoms with van der Waals surface area (Å²) in [6, 6.07) is 11.7. The van der Waals surface area contributed by atoms with Crippen molar-refractivity contribution in [3.8, 4) is 5.69 Å². The first-order chi connectivity index (χ1) is 14.8. The molecule has 1 aliphatic rings. The second-order valence-corrected chi connectivity index (χ2v) is 8.06. The van der Waals surface area contributed by atoms with Gasteiger partial charge in [0, 0.05) is 17.1 Å². The van der Waals surface area contributed by atoms with E-state index in [1.807, 2.05) is 26.0 Å². The van der Waals surface area contributed by atoms with E-state index in [9.17, 15) is 9.59 Å². The van der Waals surface area contributed by atoms with Crippen molar-refractivity contribution in [1.29, 1.82) is 0 Å². The number of hydrogen-bond donors (Lipinski definition) is 1. The molecule has 0 aliphatic carbocycles. The van der Waals surface area contributed by atoms with Crippen LogP contribution in [0.1, 0.15) is 33.8 Å². The summed E-state index contributed by atoms with van der Waals surface area (Å²) in [5.74, 6) is -0.358. The SMILES string of the molecule is Cc1cccc(-n2c(C)cc(/C=C3/C(=O)NC(=S)N(Cc4ccco4)C3=O)c2C)c1C. The van der Waals surface area contributed by atoms with Gasteiger partial charge in [-0.05, 0) is 86.9 Å². The van der Waals surface area contributed by atoms with E-state index >= 15 is 0 Å². The van der Waals surface area contributed by atoms with Crippen LogP contribution < -0.4 is 5.32 Å². The molecule has 4 rings (SSSR count). The van der Waals surface area contributed by atoms with Crippen molar-refractivity contribution in [3.63, 3.8) is 0 Å². The smallest absolute Gasteiger partial charge is 0.266 e. The summed E-state index contributed by atoms with van der Waals surface area (Å²) in [6.07, 6.45) is 3.17. The van der Waals surface area contributed by atoms with Gasteiger partial charge in [-0.25, -0.2) is 0 Å². The van der Waals surface area contributed by atoms with Crippen LogP contribution in [0.3, 0.4) is 0 Å². The maximum atomic E-state index is 13.1. The highest BCUT2D eigenvalue weighted by Crippen LogP contribution is 2.27. The molecule has 3 heterocycles. The Balaban J connectivity index is 1.74. The summed E-state index contributed by atoms with van der Waals surface area (Å²) in [5.41, 5.74) is 6.29. The first-order valence-electron chi connectivity index (χ1n) is 9.94. The van der Waals surface area contributed by atoms with Gasteiger partial charge in [0.05, 0.1) is 12.8 Å². The molecule has 1 aliphatic heterocycles. The topological polar surface area (TPSA) is 67.5 Å². The normalized spacial score (nSPS) is 15.7. The van der Waals surface area contributed by atoms with Gasteiger partial charge in [0.1, 0.15) is 11.3 Å². The van der Waals surface area contributed by atoms with Crippen LogP contribution in [-0.2, 0) is 16.1 Å². The lowest BCUT2D eigenvalue weighted by molar-refractivity contribution is -0.129. The van der Waals surface area contributed by atoms with Crippen LogP contribution in [-0.4, -0.2) is 26.4 Å². The molecule has 0 radical (unpaired) electrons. The number of amides is 2. The van der Waals surface area contributed by atoms with Crippen LogP contribution in [0.5, 0.6) is 0 Å². The van der Waals surface area contributed by atoms with Gasteiger partial charge < -0.3 is 8.98 Å². The molecule has 1 aromatic carbocycles. The number of nitrogens with zero attached hydrogens (tertiary/aromatic N) is 2. The predicted octanol–water partition coefficient (Wildman–Crippen LogP) is 4.13. The van der Waals surface area contributed by atoms with E-state index in [2.05, 4.69) is 35.9 Å². The van der Waals surface area contributed by atoms with E-state index in [4.69, 9.17) is 16.6 Å². The molecule has 0 spiro atoms. The van der Waals surface area contributed by atoms with Crippen molar-refractivity contribution >= 4 is 35.2 Å². The molecule has 1 fully saturated rings. The molecule has 3 aromatic rings. The fourth-order valence-electron chi connectivity index (χ4n) is 3.83. The molecule has 0 atom stereocenters. The summed E-state index contributed by atoms with van der Waals surface area (Å²) in [4.78, 5) is 27.0. The fraction of sp³-hybridized carbons (Fsp3) is 0.208. The van der Waals surface area contributed by atoms with Gasteiger partial charge >= 0.3 is 0 Å². The van der Waals surface area contributed by atoms with Gasteiger partial charge in [-0.2, -0.15) is 0 Å². The summed E-state index contributed by atoms with van der Waals surface area (Å²) in [5, 5.41) is 2.69. The number of nitrogens with one attached hydrogen (secondary N) is 1. The predicted molar refractivity (Wildman–Crippen MR) is 123 cm³/mol. The molecule has 0 saturated carbocycles. The highest BCUT2D eigenvalue weighted by molar-refractivity contribution is 7.80. The average molecular weight is 434 g/mol. The van der Waals surface area contributed by atoms with Crippen LogP contribution in [0.2, 0.25) is 0 Å². The summed E-state index contributed by atoms with van der Waals surface area (Å²) in [7, 11) is 0. The quantitative estimate of drug-likeness (QED) is 0.382. The lowest BCUT2D eigenvalue weighted by Gasteiger charge is -2.28. The maximum absolute atomic E-state index is 13.1. The Morgan fingerprint density at radius 3 is 2.58 bits per heavy atom. The summed E-state index contributed by atoms with van der Waals surface area (Å²) >= 11 is 5.21. The third kappa shape index (κ3) is 3.72. The van der Waals surface area contributed by atoms with Crippen LogP contribution in [0, 0.1) is 27.7 Å². The molecule has 158 valence electrons. The Kier molecular flexibility index (Phi) is 5.37. The summed E-state index contributed by atoms with van der Waals surface area (Å²) < 4.78 is 7.48. The monoisotopic (exact) mass is 433 g/mol. The fourth-order valence-corrected chi connectivity index (χ4v) is 4.07. The molecular weight excluding hydrogens is 410 g/mol. The zero-order valence-electron chi connectivity index (χ0n) is 17.9. The molecule has 2 amide bonds. The first kappa shape index (κ1) is 20.8. The van der Waals surface area contributed by atoms with Gasteiger partial charge in [0.15, 0.2) is 5.11 Å². The minimum atomic E-state index is -0.498. The molecular formula is C24H23N3O3S. The number of thiocarbonyl (C=S) groups is 1. The zero-order chi connectivity index (χ0) is 22.3. The highest BCUT2D eigenvalue weighted by Gasteiger charge is 2.34. The molecule has 2 aromatic heterocycles. The van der Waals surface area contributed by atoms with Crippen molar-refractivity contribution in [2.75, 3.05) is 0 Å². The molecule has 7 heteroatoms. The number of aromatic nitrogens is 1. The number of carbonyl (C=O) groups excluding carboxylic acids is 2. The Labute approximate surface area is 186 Å². The van der Waals surface area contributed by atoms with E-state index in [1.54, 1.807) is 18.2 Å². The van der Waals surface area contributed by atoms with E-state index in [0.717, 1.165) is 22.6 Å². The number of hydrogen-bond acceptors (Lipinski definition) is 4. The number of rotatable bonds is 4. The molecule has 6 nitrogen and oxygen atoms in total. The van der Waals surface area contributed by atoms with E-state index < -0.39 is 11.8 Å². The second kappa shape index (κ2) is 8.00. The van der Waals surface area contributed by atoms with Gasteiger partial charge in [-0.15, -0.1) is 0 Å². The Morgan fingerprint density at radius 1 is 1.10 bits per heavy atom. The van der Waals surface area contributed by atoms with Gasteiger partial charge in [-0.1, -0.05) is 12.1 Å². The number of benzene rings is 1. The number of carbonyl (C=O) groups is 2. The van der Waals surface area contributed by atoms with E-state index in [0.29, 0.717) is 5.76 Å². The Morgan fingerprint density at radius 2 is 1.87 bits per heavy atom. The molecule has 1 saturated heterocycles. The Bertz CT molecular complexity index is 1240. The lowest BCUT2D eigenvalue weighted by Crippen LogP contribution is -2.53. The van der Waals surface area contributed by atoms with Gasteiger partial charge in [0.25, 0.3) is 11.8 Å². The van der Waals surface area contributed by atoms with Crippen molar-refractivity contribution in [2.24, 2.45) is 0 Å². The van der Waals surface area contributed by atoms with Crippen LogP contribution in [0.4, 0.5) is 0 Å². The van der Waals surface area contributed by atoms with E-state index in [1.165, 1.54) is 22.3 Å². The first-order valence-corrected chi connectivity index (χ1v) is 10.4. The molecule has 1 N–H and O–H groups in total.